The fourth-order valence-electron chi connectivity index (χ4n) is 6.31. The molecule has 38 heavy (non-hydrogen) atoms. The minimum atomic E-state index is -0.746. The molecule has 0 amide bonds. The van der Waals surface area contributed by atoms with Crippen LogP contribution in [0.2, 0.25) is 0 Å². The molecule has 0 bridgehead atoms. The molecule has 198 valence electrons. The normalized spacial score (nSPS) is 19.2. The Morgan fingerprint density at radius 2 is 1.79 bits per heavy atom. The molecule has 0 saturated heterocycles. The van der Waals surface area contributed by atoms with Crippen molar-refractivity contribution in [2.75, 3.05) is 0 Å². The zero-order chi connectivity index (χ0) is 26.9. The minimum absolute atomic E-state index is 0.0531. The largest absolute Gasteiger partial charge is 0.489 e. The number of rotatable bonds is 10. The predicted octanol–water partition coefficient (Wildman–Crippen LogP) is 8.40. The van der Waals surface area contributed by atoms with Gasteiger partial charge < -0.3 is 9.84 Å². The Kier molecular flexibility index (Phi) is 7.43. The standard InChI is InChI=1S/C34H38O4/c1-22(35)25-7-4-8-26(18-25)29-15-12-23(17-31(29)32-11-6-16-34(32,2)3)21-38-28-10-5-9-27(19-28)30(20-33(36)37)24-13-14-24/h4-5,7-10,12,15,17-19,24,30,32H,6,11,13-14,16,20-21H2,1-3H3,(H,36,37)/t30-,32+/m0/s1. The summed E-state index contributed by atoms with van der Waals surface area (Å²) in [6.45, 7) is 6.79. The molecule has 4 heteroatoms. The van der Waals surface area contributed by atoms with Crippen molar-refractivity contribution in [2.45, 2.75) is 77.7 Å². The van der Waals surface area contributed by atoms with Crippen LogP contribution in [0.5, 0.6) is 5.75 Å². The van der Waals surface area contributed by atoms with Gasteiger partial charge in [-0.05, 0) is 102 Å². The van der Waals surface area contributed by atoms with E-state index in [1.54, 1.807) is 6.92 Å². The first-order chi connectivity index (χ1) is 18.2. The molecule has 2 atom stereocenters. The van der Waals surface area contributed by atoms with Crippen LogP contribution in [-0.4, -0.2) is 16.9 Å². The number of ketones is 1. The number of aliphatic carboxylic acids is 1. The Labute approximate surface area is 226 Å². The third kappa shape index (κ3) is 5.85. The Bertz CT molecular complexity index is 1330. The molecule has 4 nitrogen and oxygen atoms in total. The van der Waals surface area contributed by atoms with Crippen molar-refractivity contribution in [3.63, 3.8) is 0 Å². The molecule has 2 aliphatic rings. The molecule has 0 spiro atoms. The van der Waals surface area contributed by atoms with Crippen LogP contribution in [0.25, 0.3) is 11.1 Å². The van der Waals surface area contributed by atoms with E-state index in [1.807, 2.05) is 42.5 Å². The fraction of sp³-hybridized carbons (Fsp3) is 0.412. The minimum Gasteiger partial charge on any atom is -0.489 e. The van der Waals surface area contributed by atoms with Crippen molar-refractivity contribution >= 4 is 11.8 Å². The smallest absolute Gasteiger partial charge is 0.303 e. The molecule has 3 aromatic carbocycles. The first-order valence-electron chi connectivity index (χ1n) is 13.9. The van der Waals surface area contributed by atoms with Gasteiger partial charge in [0.05, 0.1) is 6.42 Å². The number of Topliss-reactive ketones (excluding diaryl/α,β-unsaturated/α-hetero) is 1. The van der Waals surface area contributed by atoms with Crippen molar-refractivity contribution in [3.8, 4) is 16.9 Å². The van der Waals surface area contributed by atoms with Gasteiger partial charge in [-0.2, -0.15) is 0 Å². The van der Waals surface area contributed by atoms with E-state index in [2.05, 4.69) is 38.1 Å². The molecule has 5 rings (SSSR count). The van der Waals surface area contributed by atoms with Gasteiger partial charge in [0.1, 0.15) is 12.4 Å². The summed E-state index contributed by atoms with van der Waals surface area (Å²) in [5, 5.41) is 9.39. The maximum atomic E-state index is 12.1. The first-order valence-corrected chi connectivity index (χ1v) is 13.9. The summed E-state index contributed by atoms with van der Waals surface area (Å²) in [6.07, 6.45) is 5.95. The highest BCUT2D eigenvalue weighted by Crippen LogP contribution is 2.51. The van der Waals surface area contributed by atoms with E-state index in [0.717, 1.165) is 47.3 Å². The van der Waals surface area contributed by atoms with Gasteiger partial charge in [0.2, 0.25) is 0 Å². The summed E-state index contributed by atoms with van der Waals surface area (Å²) in [7, 11) is 0. The number of hydrogen-bond donors (Lipinski definition) is 1. The number of carbonyl (C=O) groups is 2. The van der Waals surface area contributed by atoms with Gasteiger partial charge in [-0.1, -0.05) is 68.8 Å². The van der Waals surface area contributed by atoms with Gasteiger partial charge in [0.15, 0.2) is 5.78 Å². The summed E-state index contributed by atoms with van der Waals surface area (Å²) in [5.41, 5.74) is 6.73. The van der Waals surface area contributed by atoms with Gasteiger partial charge in [-0.25, -0.2) is 0 Å². The molecule has 0 aromatic heterocycles. The van der Waals surface area contributed by atoms with Crippen molar-refractivity contribution in [2.24, 2.45) is 11.3 Å². The second-order valence-electron chi connectivity index (χ2n) is 11.9. The first kappa shape index (κ1) is 26.2. The SMILES string of the molecule is CC(=O)c1cccc(-c2ccc(COc3cccc([C@@H](CC(=O)O)C4CC4)c3)cc2[C@H]2CCCC2(C)C)c1. The summed E-state index contributed by atoms with van der Waals surface area (Å²) in [4.78, 5) is 23.5. The lowest BCUT2D eigenvalue weighted by atomic mass is 9.75. The van der Waals surface area contributed by atoms with E-state index in [4.69, 9.17) is 4.74 Å². The van der Waals surface area contributed by atoms with E-state index in [9.17, 15) is 14.7 Å². The third-order valence-electron chi connectivity index (χ3n) is 8.61. The van der Waals surface area contributed by atoms with E-state index >= 15 is 0 Å². The summed E-state index contributed by atoms with van der Waals surface area (Å²) in [6, 6.07) is 22.6. The van der Waals surface area contributed by atoms with Crippen LogP contribution >= 0.6 is 0 Å². The molecule has 0 aliphatic heterocycles. The van der Waals surface area contributed by atoms with Gasteiger partial charge in [0.25, 0.3) is 0 Å². The van der Waals surface area contributed by atoms with E-state index in [1.165, 1.54) is 24.0 Å². The molecule has 2 fully saturated rings. The lowest BCUT2D eigenvalue weighted by Gasteiger charge is -2.30. The Morgan fingerprint density at radius 3 is 2.47 bits per heavy atom. The van der Waals surface area contributed by atoms with E-state index < -0.39 is 5.97 Å². The topological polar surface area (TPSA) is 63.6 Å². The lowest BCUT2D eigenvalue weighted by Crippen LogP contribution is -2.16. The number of carbonyl (C=O) groups excluding carboxylic acids is 1. The van der Waals surface area contributed by atoms with Gasteiger partial charge >= 0.3 is 5.97 Å². The zero-order valence-electron chi connectivity index (χ0n) is 22.7. The molecule has 3 aromatic rings. The Balaban J connectivity index is 1.42. The lowest BCUT2D eigenvalue weighted by molar-refractivity contribution is -0.137. The van der Waals surface area contributed by atoms with Crippen LogP contribution in [0, 0.1) is 11.3 Å². The number of benzene rings is 3. The number of hydrogen-bond acceptors (Lipinski definition) is 3. The Hall–Kier alpha value is -3.40. The average Bonchev–Trinajstić information content (AvgIpc) is 3.68. The molecular weight excluding hydrogens is 472 g/mol. The highest BCUT2D eigenvalue weighted by Gasteiger charge is 2.37. The van der Waals surface area contributed by atoms with Crippen molar-refractivity contribution < 1.29 is 19.4 Å². The van der Waals surface area contributed by atoms with E-state index in [0.29, 0.717) is 18.4 Å². The van der Waals surface area contributed by atoms with Crippen molar-refractivity contribution in [1.29, 1.82) is 0 Å². The highest BCUT2D eigenvalue weighted by molar-refractivity contribution is 5.95. The molecule has 1 N–H and O–H groups in total. The number of ether oxygens (including phenoxy) is 1. The average molecular weight is 511 g/mol. The molecule has 2 saturated carbocycles. The summed E-state index contributed by atoms with van der Waals surface area (Å²) < 4.78 is 6.26. The zero-order valence-corrected chi connectivity index (χ0v) is 22.7. The van der Waals surface area contributed by atoms with E-state index in [-0.39, 0.29) is 23.5 Å². The summed E-state index contributed by atoms with van der Waals surface area (Å²) in [5.74, 6) is 1.07. The maximum absolute atomic E-state index is 12.1. The molecular formula is C34H38O4. The second kappa shape index (κ2) is 10.8. The van der Waals surface area contributed by atoms with Gasteiger partial charge in [0, 0.05) is 5.56 Å². The van der Waals surface area contributed by atoms with Gasteiger partial charge in [-0.15, -0.1) is 0 Å². The summed E-state index contributed by atoms with van der Waals surface area (Å²) >= 11 is 0. The quantitative estimate of drug-likeness (QED) is 0.278. The van der Waals surface area contributed by atoms with Crippen LogP contribution in [0.15, 0.2) is 66.7 Å². The molecule has 2 aliphatic carbocycles. The van der Waals surface area contributed by atoms with Crippen LogP contribution in [0.1, 0.15) is 98.2 Å². The molecule has 0 heterocycles. The van der Waals surface area contributed by atoms with Crippen molar-refractivity contribution in [3.05, 3.63) is 89.0 Å². The van der Waals surface area contributed by atoms with Crippen LogP contribution in [0.4, 0.5) is 0 Å². The highest BCUT2D eigenvalue weighted by atomic mass is 16.5. The second-order valence-corrected chi connectivity index (χ2v) is 11.9. The fourth-order valence-corrected chi connectivity index (χ4v) is 6.31. The predicted molar refractivity (Wildman–Crippen MR) is 151 cm³/mol. The van der Waals surface area contributed by atoms with Crippen LogP contribution < -0.4 is 4.74 Å². The Morgan fingerprint density at radius 1 is 1.00 bits per heavy atom. The van der Waals surface area contributed by atoms with Crippen molar-refractivity contribution in [1.82, 2.24) is 0 Å². The monoisotopic (exact) mass is 510 g/mol. The molecule has 0 radical (unpaired) electrons. The number of carboxylic acids is 1. The maximum Gasteiger partial charge on any atom is 0.303 e. The third-order valence-corrected chi connectivity index (χ3v) is 8.61. The van der Waals surface area contributed by atoms with Crippen LogP contribution in [0.3, 0.4) is 0 Å². The van der Waals surface area contributed by atoms with Crippen LogP contribution in [-0.2, 0) is 11.4 Å². The number of carboxylic acid groups (broad SMARTS) is 1. The van der Waals surface area contributed by atoms with Gasteiger partial charge in [-0.3, -0.25) is 9.59 Å². The molecule has 0 unspecified atom stereocenters.